The molecule has 1 saturated carbocycles. The Morgan fingerprint density at radius 3 is 2.68 bits per heavy atom. The summed E-state index contributed by atoms with van der Waals surface area (Å²) in [5, 5.41) is 15.1. The molecule has 0 unspecified atom stereocenters. The Morgan fingerprint density at radius 2 is 2.21 bits per heavy atom. The quantitative estimate of drug-likeness (QED) is 0.866. The molecule has 0 radical (unpaired) electrons. The predicted octanol–water partition coefficient (Wildman–Crippen LogP) is 1.87. The molecule has 1 aliphatic carbocycles. The Labute approximate surface area is 118 Å². The molecule has 0 aliphatic heterocycles. The average Bonchev–Trinajstić information content (AvgIpc) is 2.96. The number of aromatic nitrogens is 1. The number of nitrogens with zero attached hydrogens (tertiary/aromatic N) is 1. The fraction of sp³-hybridized carbons (Fsp3) is 0.714. The molecular formula is C14H22N2O2S. The summed E-state index contributed by atoms with van der Waals surface area (Å²) in [7, 11) is 0. The van der Waals surface area contributed by atoms with Gasteiger partial charge in [0.25, 0.3) is 0 Å². The van der Waals surface area contributed by atoms with E-state index in [9.17, 15) is 9.90 Å². The second kappa shape index (κ2) is 5.21. The number of hydrogen-bond acceptors (Lipinski definition) is 4. The first-order chi connectivity index (χ1) is 8.85. The largest absolute Gasteiger partial charge is 0.396 e. The van der Waals surface area contributed by atoms with Crippen LogP contribution in [0.2, 0.25) is 0 Å². The first-order valence-electron chi connectivity index (χ1n) is 6.67. The van der Waals surface area contributed by atoms with Crippen molar-refractivity contribution in [2.45, 2.75) is 45.4 Å². The van der Waals surface area contributed by atoms with Gasteiger partial charge >= 0.3 is 0 Å². The van der Waals surface area contributed by atoms with Gasteiger partial charge in [-0.1, -0.05) is 20.8 Å². The third-order valence-electron chi connectivity index (χ3n) is 3.49. The lowest BCUT2D eigenvalue weighted by molar-refractivity contribution is -0.120. The minimum Gasteiger partial charge on any atom is -0.396 e. The molecule has 1 amide bonds. The molecule has 2 N–H and O–H groups in total. The Morgan fingerprint density at radius 1 is 1.53 bits per heavy atom. The van der Waals surface area contributed by atoms with Crippen molar-refractivity contribution in [1.29, 1.82) is 0 Å². The lowest BCUT2D eigenvalue weighted by Crippen LogP contribution is -2.32. The van der Waals surface area contributed by atoms with Crippen LogP contribution in [0.5, 0.6) is 0 Å². The minimum absolute atomic E-state index is 0.00881. The van der Waals surface area contributed by atoms with Crippen LogP contribution in [-0.2, 0) is 16.6 Å². The van der Waals surface area contributed by atoms with Crippen molar-refractivity contribution in [2.75, 3.05) is 13.2 Å². The molecule has 0 spiro atoms. The number of carbonyl (C=O) groups is 1. The van der Waals surface area contributed by atoms with Gasteiger partial charge in [0.1, 0.15) is 0 Å². The number of hydrogen-bond donors (Lipinski definition) is 2. The molecule has 1 aliphatic rings. The summed E-state index contributed by atoms with van der Waals surface area (Å²) < 4.78 is 0. The SMILES string of the molecule is CC(C)(C)c1nc(CC(=O)NCC2(CO)CC2)cs1. The molecule has 0 bridgehead atoms. The van der Waals surface area contributed by atoms with Crippen molar-refractivity contribution < 1.29 is 9.90 Å². The van der Waals surface area contributed by atoms with Crippen molar-refractivity contribution in [2.24, 2.45) is 5.41 Å². The van der Waals surface area contributed by atoms with Gasteiger partial charge < -0.3 is 10.4 Å². The molecule has 1 aromatic rings. The fourth-order valence-electron chi connectivity index (χ4n) is 1.81. The maximum absolute atomic E-state index is 11.8. The van der Waals surface area contributed by atoms with Crippen LogP contribution in [0.25, 0.3) is 0 Å². The van der Waals surface area contributed by atoms with E-state index in [2.05, 4.69) is 31.1 Å². The third-order valence-corrected chi connectivity index (χ3v) is 4.80. The van der Waals surface area contributed by atoms with E-state index in [-0.39, 0.29) is 23.3 Å². The number of amides is 1. The molecular weight excluding hydrogens is 260 g/mol. The smallest absolute Gasteiger partial charge is 0.226 e. The van der Waals surface area contributed by atoms with Gasteiger partial charge in [-0.3, -0.25) is 4.79 Å². The number of thiazole rings is 1. The second-order valence-corrected chi connectivity index (χ2v) is 7.36. The highest BCUT2D eigenvalue weighted by Gasteiger charge is 2.42. The maximum Gasteiger partial charge on any atom is 0.226 e. The molecule has 1 aromatic heterocycles. The van der Waals surface area contributed by atoms with Crippen molar-refractivity contribution in [3.8, 4) is 0 Å². The highest BCUT2D eigenvalue weighted by Crippen LogP contribution is 2.44. The first kappa shape index (κ1) is 14.5. The van der Waals surface area contributed by atoms with Crippen LogP contribution < -0.4 is 5.32 Å². The standard InChI is InChI=1S/C14H22N2O2S/c1-13(2,3)12-16-10(7-19-12)6-11(18)15-8-14(9-17)4-5-14/h7,17H,4-6,8-9H2,1-3H3,(H,15,18). The van der Waals surface area contributed by atoms with Crippen LogP contribution in [0.3, 0.4) is 0 Å². The highest BCUT2D eigenvalue weighted by molar-refractivity contribution is 7.09. The average molecular weight is 282 g/mol. The molecule has 106 valence electrons. The van der Waals surface area contributed by atoms with E-state index in [1.807, 2.05) is 5.38 Å². The minimum atomic E-state index is -0.0334. The molecule has 2 rings (SSSR count). The van der Waals surface area contributed by atoms with Gasteiger partial charge in [-0.05, 0) is 12.8 Å². The molecule has 4 nitrogen and oxygen atoms in total. The van der Waals surface area contributed by atoms with Crippen LogP contribution in [0, 0.1) is 5.41 Å². The van der Waals surface area contributed by atoms with E-state index in [0.717, 1.165) is 23.5 Å². The van der Waals surface area contributed by atoms with Gasteiger partial charge in [-0.2, -0.15) is 0 Å². The molecule has 1 fully saturated rings. The Bertz CT molecular complexity index is 458. The van der Waals surface area contributed by atoms with Crippen LogP contribution >= 0.6 is 11.3 Å². The van der Waals surface area contributed by atoms with Gasteiger partial charge in [0.05, 0.1) is 23.7 Å². The van der Waals surface area contributed by atoms with Gasteiger partial charge in [-0.25, -0.2) is 4.98 Å². The van der Waals surface area contributed by atoms with Crippen LogP contribution in [-0.4, -0.2) is 29.1 Å². The lowest BCUT2D eigenvalue weighted by Gasteiger charge is -2.14. The van der Waals surface area contributed by atoms with E-state index in [1.54, 1.807) is 11.3 Å². The van der Waals surface area contributed by atoms with Crippen LogP contribution in [0.4, 0.5) is 0 Å². The van der Waals surface area contributed by atoms with Crippen molar-refractivity contribution in [1.82, 2.24) is 10.3 Å². The van der Waals surface area contributed by atoms with E-state index in [1.165, 1.54) is 0 Å². The van der Waals surface area contributed by atoms with Crippen LogP contribution in [0.1, 0.15) is 44.3 Å². The number of nitrogens with one attached hydrogen (secondary N) is 1. The zero-order chi connectivity index (χ0) is 14.1. The lowest BCUT2D eigenvalue weighted by atomic mass is 9.98. The van der Waals surface area contributed by atoms with Crippen molar-refractivity contribution in [3.05, 3.63) is 16.1 Å². The summed E-state index contributed by atoms with van der Waals surface area (Å²) >= 11 is 1.61. The second-order valence-electron chi connectivity index (χ2n) is 6.51. The summed E-state index contributed by atoms with van der Waals surface area (Å²) in [4.78, 5) is 16.3. The van der Waals surface area contributed by atoms with E-state index in [0.29, 0.717) is 13.0 Å². The van der Waals surface area contributed by atoms with Gasteiger partial charge in [0, 0.05) is 22.8 Å². The van der Waals surface area contributed by atoms with E-state index < -0.39 is 0 Å². The summed E-state index contributed by atoms with van der Waals surface area (Å²) in [6.45, 7) is 7.10. The molecule has 1 heterocycles. The van der Waals surface area contributed by atoms with Crippen molar-refractivity contribution in [3.63, 3.8) is 0 Å². The first-order valence-corrected chi connectivity index (χ1v) is 7.55. The van der Waals surface area contributed by atoms with E-state index >= 15 is 0 Å². The number of rotatable bonds is 5. The number of carbonyl (C=O) groups excluding carboxylic acids is 1. The monoisotopic (exact) mass is 282 g/mol. The molecule has 0 saturated heterocycles. The van der Waals surface area contributed by atoms with E-state index in [4.69, 9.17) is 0 Å². The summed E-state index contributed by atoms with van der Waals surface area (Å²) in [5.41, 5.74) is 0.837. The Hall–Kier alpha value is -0.940. The molecule has 0 atom stereocenters. The fourth-order valence-corrected chi connectivity index (χ4v) is 2.72. The zero-order valence-electron chi connectivity index (χ0n) is 11.8. The topological polar surface area (TPSA) is 62.2 Å². The van der Waals surface area contributed by atoms with Gasteiger partial charge in [0.15, 0.2) is 0 Å². The Kier molecular flexibility index (Phi) is 3.97. The maximum atomic E-state index is 11.8. The van der Waals surface area contributed by atoms with Crippen LogP contribution in [0.15, 0.2) is 5.38 Å². The van der Waals surface area contributed by atoms with Crippen molar-refractivity contribution >= 4 is 17.2 Å². The third kappa shape index (κ3) is 3.76. The molecule has 5 heteroatoms. The number of aliphatic hydroxyl groups is 1. The summed E-state index contributed by atoms with van der Waals surface area (Å²) in [6.07, 6.45) is 2.34. The normalized spacial score (nSPS) is 17.3. The molecule has 19 heavy (non-hydrogen) atoms. The van der Waals surface area contributed by atoms with Gasteiger partial charge in [0.2, 0.25) is 5.91 Å². The van der Waals surface area contributed by atoms with Gasteiger partial charge in [-0.15, -0.1) is 11.3 Å². The Balaban J connectivity index is 1.84. The highest BCUT2D eigenvalue weighted by atomic mass is 32.1. The summed E-state index contributed by atoms with van der Waals surface area (Å²) in [6, 6.07) is 0. The predicted molar refractivity (Wildman–Crippen MR) is 76.3 cm³/mol. The number of aliphatic hydroxyl groups excluding tert-OH is 1. The zero-order valence-corrected chi connectivity index (χ0v) is 12.6. The molecule has 0 aromatic carbocycles. The summed E-state index contributed by atoms with van der Waals surface area (Å²) in [5.74, 6) is -0.00881.